The van der Waals surface area contributed by atoms with Crippen LogP contribution in [0.4, 0.5) is 0 Å². The highest BCUT2D eigenvalue weighted by Crippen LogP contribution is 2.45. The standard InChI is InChI=1S/C23H37N3O/c1-22(2,16-24(3)4)17-26-13-11-23(12-14-26)15-20(21(27)25(5)18-23)19-9-7-6-8-10-19/h6-10,20H,11-18H2,1-5H3. The van der Waals surface area contributed by atoms with Gasteiger partial charge in [-0.3, -0.25) is 4.79 Å². The first kappa shape index (κ1) is 20.3. The van der Waals surface area contributed by atoms with Gasteiger partial charge in [0.1, 0.15) is 0 Å². The molecule has 1 aromatic rings. The van der Waals surface area contributed by atoms with Crippen molar-refractivity contribution in [2.45, 2.75) is 39.0 Å². The largest absolute Gasteiger partial charge is 0.345 e. The zero-order valence-corrected chi connectivity index (χ0v) is 17.9. The van der Waals surface area contributed by atoms with Gasteiger partial charge < -0.3 is 14.7 Å². The van der Waals surface area contributed by atoms with Crippen LogP contribution in [0.25, 0.3) is 0 Å². The first-order valence-corrected chi connectivity index (χ1v) is 10.4. The number of benzene rings is 1. The van der Waals surface area contributed by atoms with Crippen LogP contribution in [-0.2, 0) is 4.79 Å². The van der Waals surface area contributed by atoms with Gasteiger partial charge in [-0.2, -0.15) is 0 Å². The van der Waals surface area contributed by atoms with Crippen molar-refractivity contribution in [3.8, 4) is 0 Å². The van der Waals surface area contributed by atoms with Gasteiger partial charge in [0.05, 0.1) is 5.92 Å². The number of amides is 1. The lowest BCUT2D eigenvalue weighted by Gasteiger charge is -2.50. The summed E-state index contributed by atoms with van der Waals surface area (Å²) in [5.74, 6) is 0.322. The second-order valence-electron chi connectivity index (χ2n) is 10.0. The molecule has 0 saturated carbocycles. The minimum absolute atomic E-state index is 0.0293. The topological polar surface area (TPSA) is 26.8 Å². The highest BCUT2D eigenvalue weighted by molar-refractivity contribution is 5.84. The summed E-state index contributed by atoms with van der Waals surface area (Å²) >= 11 is 0. The quantitative estimate of drug-likeness (QED) is 0.795. The monoisotopic (exact) mass is 371 g/mol. The zero-order valence-electron chi connectivity index (χ0n) is 17.9. The van der Waals surface area contributed by atoms with Crippen molar-refractivity contribution >= 4 is 5.91 Å². The van der Waals surface area contributed by atoms with E-state index in [1.165, 1.54) is 18.4 Å². The third kappa shape index (κ3) is 4.91. The number of piperidine rings is 2. The van der Waals surface area contributed by atoms with E-state index >= 15 is 0 Å². The van der Waals surface area contributed by atoms with Crippen molar-refractivity contribution in [2.75, 3.05) is 53.9 Å². The lowest BCUT2D eigenvalue weighted by atomic mass is 9.67. The Labute approximate surface area is 165 Å². The third-order valence-corrected chi connectivity index (χ3v) is 6.40. The number of carbonyl (C=O) groups excluding carboxylic acids is 1. The number of likely N-dealkylation sites (N-methyl/N-ethyl adjacent to an activating group) is 1. The predicted octanol–water partition coefficient (Wildman–Crippen LogP) is 3.30. The van der Waals surface area contributed by atoms with E-state index in [-0.39, 0.29) is 11.3 Å². The van der Waals surface area contributed by atoms with Gasteiger partial charge in [0.15, 0.2) is 0 Å². The van der Waals surface area contributed by atoms with Crippen molar-refractivity contribution in [2.24, 2.45) is 10.8 Å². The SMILES string of the molecule is CN(C)CC(C)(C)CN1CCC2(CC1)CC(c1ccccc1)C(=O)N(C)C2. The van der Waals surface area contributed by atoms with Crippen LogP contribution in [0.2, 0.25) is 0 Å². The number of hydrogen-bond acceptors (Lipinski definition) is 3. The Kier molecular flexibility index (Phi) is 5.97. The molecule has 1 amide bonds. The molecule has 3 rings (SSSR count). The molecule has 0 bridgehead atoms. The van der Waals surface area contributed by atoms with E-state index in [1.807, 2.05) is 18.0 Å². The minimum Gasteiger partial charge on any atom is -0.345 e. The van der Waals surface area contributed by atoms with Gasteiger partial charge in [-0.05, 0) is 62.8 Å². The Balaban J connectivity index is 1.65. The summed E-state index contributed by atoms with van der Waals surface area (Å²) in [6.45, 7) is 10.2. The highest BCUT2D eigenvalue weighted by Gasteiger charge is 2.45. The Morgan fingerprint density at radius 3 is 2.37 bits per heavy atom. The van der Waals surface area contributed by atoms with E-state index in [9.17, 15) is 4.79 Å². The molecule has 2 aliphatic rings. The van der Waals surface area contributed by atoms with E-state index in [0.29, 0.717) is 11.3 Å². The average molecular weight is 372 g/mol. The van der Waals surface area contributed by atoms with Gasteiger partial charge in [0, 0.05) is 26.7 Å². The second kappa shape index (κ2) is 7.92. The number of likely N-dealkylation sites (tertiary alicyclic amines) is 2. The van der Waals surface area contributed by atoms with Crippen LogP contribution in [0.3, 0.4) is 0 Å². The fraction of sp³-hybridized carbons (Fsp3) is 0.696. The molecular formula is C23H37N3O. The Morgan fingerprint density at radius 1 is 1.15 bits per heavy atom. The van der Waals surface area contributed by atoms with Gasteiger partial charge >= 0.3 is 0 Å². The zero-order chi connectivity index (χ0) is 19.7. The van der Waals surface area contributed by atoms with E-state index in [2.05, 4.69) is 62.0 Å². The lowest BCUT2D eigenvalue weighted by molar-refractivity contribution is -0.139. The molecule has 0 aromatic heterocycles. The van der Waals surface area contributed by atoms with Gasteiger partial charge in [0.25, 0.3) is 0 Å². The maximum Gasteiger partial charge on any atom is 0.229 e. The Morgan fingerprint density at radius 2 is 1.78 bits per heavy atom. The Bertz CT molecular complexity index is 632. The van der Waals surface area contributed by atoms with E-state index in [4.69, 9.17) is 0 Å². The van der Waals surface area contributed by atoms with Crippen molar-refractivity contribution < 1.29 is 4.79 Å². The molecule has 4 nitrogen and oxygen atoms in total. The first-order valence-electron chi connectivity index (χ1n) is 10.4. The molecule has 2 fully saturated rings. The van der Waals surface area contributed by atoms with Gasteiger partial charge in [-0.1, -0.05) is 44.2 Å². The smallest absolute Gasteiger partial charge is 0.229 e. The molecule has 150 valence electrons. The minimum atomic E-state index is 0.0293. The third-order valence-electron chi connectivity index (χ3n) is 6.40. The Hall–Kier alpha value is -1.39. The molecular weight excluding hydrogens is 334 g/mol. The van der Waals surface area contributed by atoms with Crippen molar-refractivity contribution in [1.29, 1.82) is 0 Å². The van der Waals surface area contributed by atoms with Crippen LogP contribution in [0, 0.1) is 10.8 Å². The van der Waals surface area contributed by atoms with Crippen LogP contribution < -0.4 is 0 Å². The summed E-state index contributed by atoms with van der Waals surface area (Å²) in [4.78, 5) is 19.7. The van der Waals surface area contributed by atoms with Crippen LogP contribution in [0.15, 0.2) is 30.3 Å². The van der Waals surface area contributed by atoms with Crippen molar-refractivity contribution in [1.82, 2.24) is 14.7 Å². The summed E-state index contributed by atoms with van der Waals surface area (Å²) < 4.78 is 0. The maximum absolute atomic E-state index is 12.8. The molecule has 0 radical (unpaired) electrons. The molecule has 1 unspecified atom stereocenters. The fourth-order valence-electron chi connectivity index (χ4n) is 5.44. The lowest BCUT2D eigenvalue weighted by Crippen LogP contribution is -2.54. The number of hydrogen-bond donors (Lipinski definition) is 0. The molecule has 2 aliphatic heterocycles. The number of rotatable bonds is 5. The molecule has 4 heteroatoms. The van der Waals surface area contributed by atoms with Crippen molar-refractivity contribution in [3.63, 3.8) is 0 Å². The summed E-state index contributed by atoms with van der Waals surface area (Å²) in [6, 6.07) is 10.4. The molecule has 1 atom stereocenters. The average Bonchev–Trinajstić information content (AvgIpc) is 2.60. The van der Waals surface area contributed by atoms with Crippen LogP contribution in [-0.4, -0.2) is 74.5 Å². The van der Waals surface area contributed by atoms with Crippen LogP contribution in [0.1, 0.15) is 44.6 Å². The summed E-state index contributed by atoms with van der Waals surface area (Å²) in [5.41, 5.74) is 1.77. The van der Waals surface area contributed by atoms with Gasteiger partial charge in [-0.25, -0.2) is 0 Å². The van der Waals surface area contributed by atoms with E-state index < -0.39 is 0 Å². The predicted molar refractivity (Wildman–Crippen MR) is 112 cm³/mol. The van der Waals surface area contributed by atoms with E-state index in [1.54, 1.807) is 0 Å². The van der Waals surface area contributed by atoms with Gasteiger partial charge in [0.2, 0.25) is 5.91 Å². The number of nitrogens with zero attached hydrogens (tertiary/aromatic N) is 3. The molecule has 0 N–H and O–H groups in total. The summed E-state index contributed by atoms with van der Waals surface area (Å²) in [7, 11) is 6.31. The molecule has 0 aliphatic carbocycles. The second-order valence-corrected chi connectivity index (χ2v) is 10.0. The highest BCUT2D eigenvalue weighted by atomic mass is 16.2. The van der Waals surface area contributed by atoms with Crippen molar-refractivity contribution in [3.05, 3.63) is 35.9 Å². The molecule has 2 saturated heterocycles. The molecule has 27 heavy (non-hydrogen) atoms. The van der Waals surface area contributed by atoms with Crippen LogP contribution in [0.5, 0.6) is 0 Å². The summed E-state index contributed by atoms with van der Waals surface area (Å²) in [6.07, 6.45) is 3.41. The molecule has 1 spiro atoms. The fourth-order valence-corrected chi connectivity index (χ4v) is 5.44. The number of carbonyl (C=O) groups is 1. The molecule has 2 heterocycles. The maximum atomic E-state index is 12.8. The summed E-state index contributed by atoms with van der Waals surface area (Å²) in [5, 5.41) is 0. The van der Waals surface area contributed by atoms with Crippen LogP contribution >= 0.6 is 0 Å². The normalized spacial score (nSPS) is 24.0. The van der Waals surface area contributed by atoms with E-state index in [0.717, 1.165) is 39.1 Å². The first-order chi connectivity index (χ1) is 12.7. The molecule has 1 aromatic carbocycles. The van der Waals surface area contributed by atoms with Gasteiger partial charge in [-0.15, -0.1) is 0 Å².